The van der Waals surface area contributed by atoms with Crippen molar-refractivity contribution < 1.29 is 9.72 Å². The molecule has 1 aromatic carbocycles. The van der Waals surface area contributed by atoms with Gasteiger partial charge in [0.05, 0.1) is 10.5 Å². The van der Waals surface area contributed by atoms with Crippen LogP contribution in [0.15, 0.2) is 12.1 Å². The first-order valence-electron chi connectivity index (χ1n) is 3.77. The highest BCUT2D eigenvalue weighted by molar-refractivity contribution is 5.82. The normalized spacial score (nSPS) is 9.69. The van der Waals surface area contributed by atoms with Crippen molar-refractivity contribution in [2.45, 2.75) is 13.8 Å². The van der Waals surface area contributed by atoms with Gasteiger partial charge in [0, 0.05) is 5.56 Å². The molecule has 0 saturated heterocycles. The SMILES string of the molecule is Cc1ccc(C=O)c([N+](=O)[O-])c1C. The molecule has 0 bridgehead atoms. The third kappa shape index (κ3) is 1.56. The molecule has 0 radical (unpaired) electrons. The van der Waals surface area contributed by atoms with E-state index in [1.165, 1.54) is 6.07 Å². The minimum atomic E-state index is -0.522. The Morgan fingerprint density at radius 3 is 2.46 bits per heavy atom. The van der Waals surface area contributed by atoms with Gasteiger partial charge < -0.3 is 0 Å². The van der Waals surface area contributed by atoms with E-state index in [1.807, 2.05) is 0 Å². The average Bonchev–Trinajstić information content (AvgIpc) is 2.08. The van der Waals surface area contributed by atoms with Crippen LogP contribution in [0.4, 0.5) is 5.69 Å². The molecule has 0 atom stereocenters. The number of hydrogen-bond acceptors (Lipinski definition) is 3. The molecule has 0 unspecified atom stereocenters. The van der Waals surface area contributed by atoms with Gasteiger partial charge in [0.15, 0.2) is 6.29 Å². The van der Waals surface area contributed by atoms with Gasteiger partial charge in [-0.3, -0.25) is 14.9 Å². The number of carbonyl (C=O) groups excluding carboxylic acids is 1. The van der Waals surface area contributed by atoms with E-state index < -0.39 is 4.92 Å². The van der Waals surface area contributed by atoms with Crippen LogP contribution in [-0.4, -0.2) is 11.2 Å². The largest absolute Gasteiger partial charge is 0.298 e. The second-order valence-corrected chi connectivity index (χ2v) is 2.82. The zero-order valence-electron chi connectivity index (χ0n) is 7.40. The second-order valence-electron chi connectivity index (χ2n) is 2.82. The monoisotopic (exact) mass is 179 g/mol. The first kappa shape index (κ1) is 9.38. The molecule has 0 aromatic heterocycles. The summed E-state index contributed by atoms with van der Waals surface area (Å²) in [6, 6.07) is 3.17. The molecule has 1 aromatic rings. The number of nitro groups is 1. The standard InChI is InChI=1S/C9H9NO3/c1-6-3-4-8(5-11)9(7(6)2)10(12)13/h3-5H,1-2H3. The fourth-order valence-electron chi connectivity index (χ4n) is 1.16. The first-order valence-corrected chi connectivity index (χ1v) is 3.77. The summed E-state index contributed by atoms with van der Waals surface area (Å²) in [5, 5.41) is 10.6. The Balaban J connectivity index is 3.50. The van der Waals surface area contributed by atoms with Crippen molar-refractivity contribution in [3.8, 4) is 0 Å². The Hall–Kier alpha value is -1.71. The number of aryl methyl sites for hydroxylation is 1. The Bertz CT molecular complexity index is 371. The molecule has 0 saturated carbocycles. The van der Waals surface area contributed by atoms with Crippen molar-refractivity contribution in [2.75, 3.05) is 0 Å². The van der Waals surface area contributed by atoms with E-state index in [2.05, 4.69) is 0 Å². The van der Waals surface area contributed by atoms with Crippen molar-refractivity contribution in [2.24, 2.45) is 0 Å². The molecule has 0 aliphatic heterocycles. The molecule has 1 rings (SSSR count). The molecule has 0 aliphatic rings. The molecule has 68 valence electrons. The van der Waals surface area contributed by atoms with Crippen molar-refractivity contribution in [1.29, 1.82) is 0 Å². The predicted octanol–water partition coefficient (Wildman–Crippen LogP) is 2.02. The molecule has 0 amide bonds. The molecule has 4 heteroatoms. The van der Waals surface area contributed by atoms with E-state index in [0.717, 1.165) is 5.56 Å². The summed E-state index contributed by atoms with van der Waals surface area (Å²) in [5.74, 6) is 0. The van der Waals surface area contributed by atoms with E-state index in [4.69, 9.17) is 0 Å². The minimum Gasteiger partial charge on any atom is -0.298 e. The zero-order valence-corrected chi connectivity index (χ0v) is 7.40. The molecule has 13 heavy (non-hydrogen) atoms. The third-order valence-electron chi connectivity index (χ3n) is 2.04. The lowest BCUT2D eigenvalue weighted by atomic mass is 10.0. The van der Waals surface area contributed by atoms with E-state index in [9.17, 15) is 14.9 Å². The van der Waals surface area contributed by atoms with E-state index >= 15 is 0 Å². The second kappa shape index (κ2) is 3.35. The average molecular weight is 179 g/mol. The van der Waals surface area contributed by atoms with Crippen molar-refractivity contribution in [3.05, 3.63) is 38.9 Å². The van der Waals surface area contributed by atoms with E-state index in [1.54, 1.807) is 19.9 Å². The number of rotatable bonds is 2. The van der Waals surface area contributed by atoms with Gasteiger partial charge in [-0.15, -0.1) is 0 Å². The predicted molar refractivity (Wildman–Crippen MR) is 48.0 cm³/mol. The summed E-state index contributed by atoms with van der Waals surface area (Å²) in [4.78, 5) is 20.6. The highest BCUT2D eigenvalue weighted by Gasteiger charge is 2.17. The summed E-state index contributed by atoms with van der Waals surface area (Å²) >= 11 is 0. The fraction of sp³-hybridized carbons (Fsp3) is 0.222. The van der Waals surface area contributed by atoms with Crippen molar-refractivity contribution >= 4 is 12.0 Å². The Kier molecular flexibility index (Phi) is 2.41. The van der Waals surface area contributed by atoms with Gasteiger partial charge in [0.25, 0.3) is 5.69 Å². The van der Waals surface area contributed by atoms with Crippen LogP contribution in [0.5, 0.6) is 0 Å². The zero-order chi connectivity index (χ0) is 10.0. The van der Waals surface area contributed by atoms with Gasteiger partial charge in [-0.2, -0.15) is 0 Å². The van der Waals surface area contributed by atoms with Crippen molar-refractivity contribution in [3.63, 3.8) is 0 Å². The summed E-state index contributed by atoms with van der Waals surface area (Å²) in [6.45, 7) is 3.41. The Morgan fingerprint density at radius 1 is 1.38 bits per heavy atom. The third-order valence-corrected chi connectivity index (χ3v) is 2.04. The number of aldehydes is 1. The lowest BCUT2D eigenvalue weighted by Crippen LogP contribution is -1.98. The molecular formula is C9H9NO3. The lowest BCUT2D eigenvalue weighted by molar-refractivity contribution is -0.385. The topological polar surface area (TPSA) is 60.2 Å². The van der Waals surface area contributed by atoms with E-state index in [0.29, 0.717) is 11.8 Å². The summed E-state index contributed by atoms with van der Waals surface area (Å²) in [5.41, 5.74) is 1.41. The maximum Gasteiger partial charge on any atom is 0.283 e. The molecular weight excluding hydrogens is 170 g/mol. The maximum atomic E-state index is 10.6. The smallest absolute Gasteiger partial charge is 0.283 e. The van der Waals surface area contributed by atoms with Crippen LogP contribution in [0.1, 0.15) is 21.5 Å². The number of nitrogens with zero attached hydrogens (tertiary/aromatic N) is 1. The van der Waals surface area contributed by atoms with Crippen LogP contribution in [0.2, 0.25) is 0 Å². The summed E-state index contributed by atoms with van der Waals surface area (Å²) in [6.07, 6.45) is 0.505. The van der Waals surface area contributed by atoms with Crippen LogP contribution in [0.25, 0.3) is 0 Å². The molecule has 0 heterocycles. The number of hydrogen-bond donors (Lipinski definition) is 0. The van der Waals surface area contributed by atoms with Gasteiger partial charge in [0.1, 0.15) is 0 Å². The Morgan fingerprint density at radius 2 is 2.00 bits per heavy atom. The molecule has 4 nitrogen and oxygen atoms in total. The number of benzene rings is 1. The van der Waals surface area contributed by atoms with Gasteiger partial charge in [-0.1, -0.05) is 6.07 Å². The van der Waals surface area contributed by atoms with E-state index in [-0.39, 0.29) is 11.3 Å². The molecule has 0 spiro atoms. The summed E-state index contributed by atoms with van der Waals surface area (Å²) in [7, 11) is 0. The highest BCUT2D eigenvalue weighted by Crippen LogP contribution is 2.24. The van der Waals surface area contributed by atoms with Crippen LogP contribution < -0.4 is 0 Å². The van der Waals surface area contributed by atoms with Gasteiger partial charge >= 0.3 is 0 Å². The van der Waals surface area contributed by atoms with Crippen LogP contribution in [0.3, 0.4) is 0 Å². The van der Waals surface area contributed by atoms with Gasteiger partial charge in [-0.05, 0) is 25.5 Å². The van der Waals surface area contributed by atoms with Gasteiger partial charge in [0.2, 0.25) is 0 Å². The molecule has 0 aliphatic carbocycles. The maximum absolute atomic E-state index is 10.6. The fourth-order valence-corrected chi connectivity index (χ4v) is 1.16. The van der Waals surface area contributed by atoms with Gasteiger partial charge in [-0.25, -0.2) is 0 Å². The van der Waals surface area contributed by atoms with Crippen molar-refractivity contribution in [1.82, 2.24) is 0 Å². The van der Waals surface area contributed by atoms with Crippen LogP contribution in [-0.2, 0) is 0 Å². The Labute approximate surface area is 75.3 Å². The minimum absolute atomic E-state index is 0.0880. The molecule has 0 N–H and O–H groups in total. The summed E-state index contributed by atoms with van der Waals surface area (Å²) < 4.78 is 0. The quantitative estimate of drug-likeness (QED) is 0.396. The van der Waals surface area contributed by atoms with Crippen LogP contribution in [0, 0.1) is 24.0 Å². The number of nitro benzene ring substituents is 1. The highest BCUT2D eigenvalue weighted by atomic mass is 16.6. The lowest BCUT2D eigenvalue weighted by Gasteiger charge is -2.02. The first-order chi connectivity index (χ1) is 6.07. The molecule has 0 fully saturated rings. The van der Waals surface area contributed by atoms with Crippen LogP contribution >= 0.6 is 0 Å². The number of carbonyl (C=O) groups is 1.